The number of likely N-dealkylation sites (tertiary alicyclic amines) is 1. The summed E-state index contributed by atoms with van der Waals surface area (Å²) in [6.45, 7) is 1.28. The Labute approximate surface area is 136 Å². The molecule has 1 aromatic rings. The first kappa shape index (κ1) is 15.6. The second kappa shape index (κ2) is 6.47. The van der Waals surface area contributed by atoms with Gasteiger partial charge >= 0.3 is 0 Å². The van der Waals surface area contributed by atoms with E-state index < -0.39 is 0 Å². The molecule has 1 aromatic carbocycles. The van der Waals surface area contributed by atoms with E-state index in [9.17, 15) is 10.1 Å². The summed E-state index contributed by atoms with van der Waals surface area (Å²) in [6.07, 6.45) is 2.28. The number of rotatable bonds is 3. The number of amides is 1. The van der Waals surface area contributed by atoms with E-state index in [1.807, 2.05) is 12.1 Å². The lowest BCUT2D eigenvalue weighted by molar-refractivity contribution is -0.133. The van der Waals surface area contributed by atoms with Crippen LogP contribution in [0.1, 0.15) is 24.0 Å². The maximum atomic E-state index is 12.7. The van der Waals surface area contributed by atoms with Crippen LogP contribution in [0.3, 0.4) is 0 Å². The van der Waals surface area contributed by atoms with Gasteiger partial charge in [-0.15, -0.1) is 0 Å². The minimum absolute atomic E-state index is 0.0227. The molecule has 0 saturated carbocycles. The van der Waals surface area contributed by atoms with E-state index in [0.717, 1.165) is 24.0 Å². The summed E-state index contributed by atoms with van der Waals surface area (Å²) in [7, 11) is 3.22. The second-order valence-corrected chi connectivity index (χ2v) is 5.93. The molecule has 0 unspecified atom stereocenters. The average molecular weight is 315 g/mol. The molecule has 122 valence electrons. The Hall–Kier alpha value is -2.26. The standard InChI is InChI=1S/C17H21N3O3/c1-22-15-7-11-6-14(19-10-12(11)8-16(15)23-2)17(21)20-5-3-4-13(20)9-18/h7-8,13-14,19H,3-6,10H2,1-2H3/t13-,14+/m1/s1. The van der Waals surface area contributed by atoms with Gasteiger partial charge in [0.2, 0.25) is 5.91 Å². The van der Waals surface area contributed by atoms with Crippen molar-refractivity contribution < 1.29 is 14.3 Å². The van der Waals surface area contributed by atoms with Crippen molar-refractivity contribution in [1.82, 2.24) is 10.2 Å². The molecule has 3 rings (SSSR count). The molecule has 1 saturated heterocycles. The normalized spacial score (nSPS) is 23.1. The number of methoxy groups -OCH3 is 2. The van der Waals surface area contributed by atoms with Crippen LogP contribution in [0.4, 0.5) is 0 Å². The van der Waals surface area contributed by atoms with Gasteiger partial charge in [0, 0.05) is 13.1 Å². The van der Waals surface area contributed by atoms with E-state index in [1.54, 1.807) is 19.1 Å². The topological polar surface area (TPSA) is 74.6 Å². The fourth-order valence-corrected chi connectivity index (χ4v) is 3.38. The Morgan fingerprint density at radius 3 is 2.65 bits per heavy atom. The van der Waals surface area contributed by atoms with Gasteiger partial charge in [0.25, 0.3) is 0 Å². The summed E-state index contributed by atoms with van der Waals surface area (Å²) >= 11 is 0. The van der Waals surface area contributed by atoms with Crippen molar-refractivity contribution in [1.29, 1.82) is 5.26 Å². The molecule has 6 heteroatoms. The van der Waals surface area contributed by atoms with Gasteiger partial charge in [-0.2, -0.15) is 5.26 Å². The first-order valence-electron chi connectivity index (χ1n) is 7.85. The molecular weight excluding hydrogens is 294 g/mol. The van der Waals surface area contributed by atoms with Crippen molar-refractivity contribution in [3.63, 3.8) is 0 Å². The fraction of sp³-hybridized carbons (Fsp3) is 0.529. The van der Waals surface area contributed by atoms with Gasteiger partial charge in [-0.1, -0.05) is 0 Å². The van der Waals surface area contributed by atoms with Crippen LogP contribution in [0.2, 0.25) is 0 Å². The zero-order valence-electron chi connectivity index (χ0n) is 13.5. The zero-order chi connectivity index (χ0) is 16.4. The largest absolute Gasteiger partial charge is 0.493 e. The monoisotopic (exact) mass is 315 g/mol. The summed E-state index contributed by atoms with van der Waals surface area (Å²) in [6, 6.07) is 5.56. The number of nitrogens with zero attached hydrogens (tertiary/aromatic N) is 2. The summed E-state index contributed by atoms with van der Waals surface area (Å²) in [4.78, 5) is 14.4. The molecule has 2 aliphatic rings. The summed E-state index contributed by atoms with van der Waals surface area (Å²) in [5, 5.41) is 12.5. The van der Waals surface area contributed by atoms with Crippen LogP contribution in [0.25, 0.3) is 0 Å². The minimum Gasteiger partial charge on any atom is -0.493 e. The molecule has 0 spiro atoms. The van der Waals surface area contributed by atoms with E-state index in [-0.39, 0.29) is 18.0 Å². The van der Waals surface area contributed by atoms with Crippen molar-refractivity contribution in [2.75, 3.05) is 20.8 Å². The number of fused-ring (bicyclic) bond motifs is 1. The number of ether oxygens (including phenoxy) is 2. The van der Waals surface area contributed by atoms with E-state index in [4.69, 9.17) is 9.47 Å². The SMILES string of the molecule is COc1cc2c(cc1OC)C[C@@H](C(=O)N1CCC[C@@H]1C#N)NC2. The molecule has 1 amide bonds. The van der Waals surface area contributed by atoms with Crippen LogP contribution in [-0.2, 0) is 17.8 Å². The summed E-state index contributed by atoms with van der Waals surface area (Å²) in [5.41, 5.74) is 2.21. The van der Waals surface area contributed by atoms with Crippen molar-refractivity contribution >= 4 is 5.91 Å². The van der Waals surface area contributed by atoms with Gasteiger partial charge in [-0.25, -0.2) is 0 Å². The quantitative estimate of drug-likeness (QED) is 0.908. The lowest BCUT2D eigenvalue weighted by Gasteiger charge is -2.30. The molecule has 2 heterocycles. The van der Waals surface area contributed by atoms with Gasteiger partial charge < -0.3 is 19.7 Å². The third-order valence-corrected chi connectivity index (χ3v) is 4.65. The average Bonchev–Trinajstić information content (AvgIpc) is 3.07. The van der Waals surface area contributed by atoms with Gasteiger partial charge in [-0.3, -0.25) is 4.79 Å². The second-order valence-electron chi connectivity index (χ2n) is 5.93. The van der Waals surface area contributed by atoms with E-state index in [2.05, 4.69) is 11.4 Å². The lowest BCUT2D eigenvalue weighted by Crippen LogP contribution is -2.50. The highest BCUT2D eigenvalue weighted by Gasteiger charge is 2.34. The third kappa shape index (κ3) is 2.84. The first-order valence-corrected chi connectivity index (χ1v) is 7.85. The Morgan fingerprint density at radius 1 is 1.30 bits per heavy atom. The number of hydrogen-bond acceptors (Lipinski definition) is 5. The Kier molecular flexibility index (Phi) is 4.39. The molecule has 0 bridgehead atoms. The van der Waals surface area contributed by atoms with E-state index in [0.29, 0.717) is 31.0 Å². The predicted molar refractivity (Wildman–Crippen MR) is 84.2 cm³/mol. The molecule has 6 nitrogen and oxygen atoms in total. The van der Waals surface area contributed by atoms with Gasteiger partial charge in [-0.05, 0) is 42.5 Å². The maximum absolute atomic E-state index is 12.7. The van der Waals surface area contributed by atoms with Crippen molar-refractivity contribution in [3.05, 3.63) is 23.3 Å². The number of carbonyl (C=O) groups is 1. The number of nitrogens with one attached hydrogen (secondary N) is 1. The Balaban J connectivity index is 1.80. The lowest BCUT2D eigenvalue weighted by atomic mass is 9.94. The van der Waals surface area contributed by atoms with Gasteiger partial charge in [0.15, 0.2) is 11.5 Å². The van der Waals surface area contributed by atoms with E-state index in [1.165, 1.54) is 0 Å². The van der Waals surface area contributed by atoms with Crippen molar-refractivity contribution in [3.8, 4) is 17.6 Å². The zero-order valence-corrected chi connectivity index (χ0v) is 13.5. The number of hydrogen-bond donors (Lipinski definition) is 1. The number of carbonyl (C=O) groups excluding carboxylic acids is 1. The van der Waals surface area contributed by atoms with E-state index >= 15 is 0 Å². The highest BCUT2D eigenvalue weighted by Crippen LogP contribution is 2.33. The Bertz CT molecular complexity index is 653. The number of benzene rings is 1. The smallest absolute Gasteiger partial charge is 0.241 e. The molecule has 1 N–H and O–H groups in total. The molecule has 0 aliphatic carbocycles. The maximum Gasteiger partial charge on any atom is 0.241 e. The molecule has 0 aromatic heterocycles. The molecule has 1 fully saturated rings. The molecule has 2 aliphatic heterocycles. The molecule has 0 radical (unpaired) electrons. The highest BCUT2D eigenvalue weighted by molar-refractivity contribution is 5.83. The highest BCUT2D eigenvalue weighted by atomic mass is 16.5. The molecular formula is C17H21N3O3. The van der Waals surface area contributed by atoms with Crippen LogP contribution < -0.4 is 14.8 Å². The predicted octanol–water partition coefficient (Wildman–Crippen LogP) is 1.23. The van der Waals surface area contributed by atoms with Crippen LogP contribution in [0.5, 0.6) is 11.5 Å². The van der Waals surface area contributed by atoms with Crippen LogP contribution in [-0.4, -0.2) is 43.7 Å². The number of nitriles is 1. The van der Waals surface area contributed by atoms with Crippen LogP contribution in [0.15, 0.2) is 12.1 Å². The summed E-state index contributed by atoms with van der Waals surface area (Å²) in [5.74, 6) is 1.40. The fourth-order valence-electron chi connectivity index (χ4n) is 3.38. The minimum atomic E-state index is -0.283. The summed E-state index contributed by atoms with van der Waals surface area (Å²) < 4.78 is 10.7. The molecule has 2 atom stereocenters. The Morgan fingerprint density at radius 2 is 2.00 bits per heavy atom. The van der Waals surface area contributed by atoms with Gasteiger partial charge in [0.1, 0.15) is 6.04 Å². The van der Waals surface area contributed by atoms with Crippen LogP contribution in [0, 0.1) is 11.3 Å². The van der Waals surface area contributed by atoms with Crippen molar-refractivity contribution in [2.45, 2.75) is 37.9 Å². The first-order chi connectivity index (χ1) is 11.2. The third-order valence-electron chi connectivity index (χ3n) is 4.65. The molecule has 23 heavy (non-hydrogen) atoms. The van der Waals surface area contributed by atoms with Crippen molar-refractivity contribution in [2.24, 2.45) is 0 Å². The van der Waals surface area contributed by atoms with Crippen LogP contribution >= 0.6 is 0 Å². The van der Waals surface area contributed by atoms with Gasteiger partial charge in [0.05, 0.1) is 26.3 Å².